The molecule has 1 aromatic rings. The molecule has 1 aliphatic heterocycles. The van der Waals surface area contributed by atoms with Gasteiger partial charge < -0.3 is 15.4 Å². The Balaban J connectivity index is 0.00000320. The third-order valence-corrected chi connectivity index (χ3v) is 6.75. The van der Waals surface area contributed by atoms with E-state index in [1.165, 1.54) is 29.5 Å². The van der Waals surface area contributed by atoms with Crippen LogP contribution < -0.4 is 15.4 Å². The summed E-state index contributed by atoms with van der Waals surface area (Å²) in [6, 6.07) is 4.88. The van der Waals surface area contributed by atoms with E-state index < -0.39 is 10.0 Å². The summed E-state index contributed by atoms with van der Waals surface area (Å²) in [6.45, 7) is 4.22. The molecule has 170 valence electrons. The van der Waals surface area contributed by atoms with Crippen molar-refractivity contribution in [3.63, 3.8) is 0 Å². The first kappa shape index (κ1) is 25.1. The van der Waals surface area contributed by atoms with E-state index in [4.69, 9.17) is 4.74 Å². The molecular weight excluding hydrogens is 522 g/mol. The van der Waals surface area contributed by atoms with E-state index >= 15 is 0 Å². The number of nitrogens with one attached hydrogen (secondary N) is 2. The second kappa shape index (κ2) is 10.9. The Morgan fingerprint density at radius 3 is 2.63 bits per heavy atom. The minimum Gasteiger partial charge on any atom is -0.490 e. The van der Waals surface area contributed by atoms with Crippen molar-refractivity contribution in [3.8, 4) is 5.75 Å². The van der Waals surface area contributed by atoms with Gasteiger partial charge in [-0.25, -0.2) is 17.1 Å². The number of rotatable bonds is 8. The van der Waals surface area contributed by atoms with Gasteiger partial charge in [-0.1, -0.05) is 6.07 Å². The van der Waals surface area contributed by atoms with Gasteiger partial charge in [0.05, 0.1) is 18.9 Å². The molecule has 30 heavy (non-hydrogen) atoms. The maximum atomic E-state index is 14.3. The van der Waals surface area contributed by atoms with E-state index in [1.54, 1.807) is 13.1 Å². The molecule has 7 nitrogen and oxygen atoms in total. The molecule has 2 aliphatic rings. The highest BCUT2D eigenvalue weighted by Crippen LogP contribution is 2.30. The number of halogens is 2. The fourth-order valence-corrected chi connectivity index (χ4v) is 4.30. The lowest BCUT2D eigenvalue weighted by Crippen LogP contribution is -2.41. The molecule has 10 heteroatoms. The Hall–Kier alpha value is -1.14. The van der Waals surface area contributed by atoms with Crippen molar-refractivity contribution in [1.29, 1.82) is 0 Å². The summed E-state index contributed by atoms with van der Waals surface area (Å²) in [5.41, 5.74) is 0.799. The van der Waals surface area contributed by atoms with E-state index in [1.807, 2.05) is 13.0 Å². The average Bonchev–Trinajstić information content (AvgIpc) is 3.37. The quantitative estimate of drug-likeness (QED) is 0.294. The number of guanidine groups is 1. The Morgan fingerprint density at radius 2 is 2.07 bits per heavy atom. The second-order valence-corrected chi connectivity index (χ2v) is 10.0. The number of hydrogen-bond donors (Lipinski definition) is 2. The minimum atomic E-state index is -3.13. The summed E-state index contributed by atoms with van der Waals surface area (Å²) in [4.78, 5) is 4.22. The SMILES string of the molecule is CN=C(NCC1CCN(S(C)(=O)=O)C1)NC(C)c1ccc(OCC2CC2)c(F)c1.I. The zero-order valence-corrected chi connectivity index (χ0v) is 20.9. The molecule has 0 radical (unpaired) electrons. The number of aliphatic imine (C=N–C) groups is 1. The van der Waals surface area contributed by atoms with Gasteiger partial charge in [0.15, 0.2) is 17.5 Å². The largest absolute Gasteiger partial charge is 0.490 e. The normalized spacial score (nSPS) is 21.1. The first-order chi connectivity index (χ1) is 13.8. The van der Waals surface area contributed by atoms with Gasteiger partial charge in [-0.15, -0.1) is 24.0 Å². The summed E-state index contributed by atoms with van der Waals surface area (Å²) in [5.74, 6) is 1.36. The second-order valence-electron chi connectivity index (χ2n) is 8.04. The molecule has 2 atom stereocenters. The Bertz CT molecular complexity index is 848. The number of hydrogen-bond acceptors (Lipinski definition) is 4. The molecule has 0 spiro atoms. The van der Waals surface area contributed by atoms with Crippen molar-refractivity contribution in [3.05, 3.63) is 29.6 Å². The summed E-state index contributed by atoms with van der Waals surface area (Å²) < 4.78 is 44.7. The zero-order chi connectivity index (χ0) is 21.0. The summed E-state index contributed by atoms with van der Waals surface area (Å²) in [7, 11) is -1.46. The first-order valence-corrected chi connectivity index (χ1v) is 12.0. The van der Waals surface area contributed by atoms with Crippen LogP contribution in [0.1, 0.15) is 37.8 Å². The van der Waals surface area contributed by atoms with Gasteiger partial charge in [0, 0.05) is 26.7 Å². The Labute approximate surface area is 195 Å². The van der Waals surface area contributed by atoms with Crippen molar-refractivity contribution >= 4 is 40.0 Å². The van der Waals surface area contributed by atoms with Crippen LogP contribution in [0.25, 0.3) is 0 Å². The van der Waals surface area contributed by atoms with Crippen LogP contribution in [-0.2, 0) is 10.0 Å². The van der Waals surface area contributed by atoms with Crippen molar-refractivity contribution in [2.24, 2.45) is 16.8 Å². The van der Waals surface area contributed by atoms with Gasteiger partial charge >= 0.3 is 0 Å². The van der Waals surface area contributed by atoms with Crippen LogP contribution >= 0.6 is 24.0 Å². The molecule has 0 aromatic heterocycles. The molecule has 1 aliphatic carbocycles. The van der Waals surface area contributed by atoms with Crippen LogP contribution in [0.15, 0.2) is 23.2 Å². The zero-order valence-electron chi connectivity index (χ0n) is 17.7. The Morgan fingerprint density at radius 1 is 1.33 bits per heavy atom. The molecule has 1 saturated heterocycles. The maximum absolute atomic E-state index is 14.3. The lowest BCUT2D eigenvalue weighted by atomic mass is 10.1. The average molecular weight is 554 g/mol. The Kier molecular flexibility index (Phi) is 9.16. The van der Waals surface area contributed by atoms with Gasteiger partial charge in [0.2, 0.25) is 10.0 Å². The summed E-state index contributed by atoms with van der Waals surface area (Å²) in [5, 5.41) is 6.50. The maximum Gasteiger partial charge on any atom is 0.211 e. The van der Waals surface area contributed by atoms with Gasteiger partial charge in [0.1, 0.15) is 0 Å². The molecule has 1 aromatic carbocycles. The highest BCUT2D eigenvalue weighted by atomic mass is 127. The topological polar surface area (TPSA) is 83.0 Å². The monoisotopic (exact) mass is 554 g/mol. The molecular formula is C20H32FIN4O3S. The molecule has 0 bridgehead atoms. The molecule has 1 saturated carbocycles. The minimum absolute atomic E-state index is 0. The fourth-order valence-electron chi connectivity index (χ4n) is 3.38. The molecule has 3 rings (SSSR count). The van der Waals surface area contributed by atoms with Crippen molar-refractivity contribution < 1.29 is 17.5 Å². The van der Waals surface area contributed by atoms with Crippen LogP contribution in [0, 0.1) is 17.7 Å². The molecule has 0 amide bonds. The van der Waals surface area contributed by atoms with Gasteiger partial charge in [-0.2, -0.15) is 0 Å². The number of ether oxygens (including phenoxy) is 1. The summed E-state index contributed by atoms with van der Waals surface area (Å²) in [6.07, 6.45) is 4.40. The smallest absolute Gasteiger partial charge is 0.211 e. The van der Waals surface area contributed by atoms with Crippen LogP contribution in [0.4, 0.5) is 4.39 Å². The third-order valence-electron chi connectivity index (χ3n) is 5.48. The predicted molar refractivity (Wildman–Crippen MR) is 127 cm³/mol. The van der Waals surface area contributed by atoms with Crippen LogP contribution in [0.5, 0.6) is 5.75 Å². The van der Waals surface area contributed by atoms with E-state index in [9.17, 15) is 12.8 Å². The van der Waals surface area contributed by atoms with E-state index in [0.29, 0.717) is 43.9 Å². The lowest BCUT2D eigenvalue weighted by molar-refractivity contribution is 0.285. The van der Waals surface area contributed by atoms with E-state index in [2.05, 4.69) is 15.6 Å². The predicted octanol–water partition coefficient (Wildman–Crippen LogP) is 2.74. The van der Waals surface area contributed by atoms with Gasteiger partial charge in [-0.05, 0) is 55.7 Å². The lowest BCUT2D eigenvalue weighted by Gasteiger charge is -2.20. The highest BCUT2D eigenvalue weighted by Gasteiger charge is 2.28. The first-order valence-electron chi connectivity index (χ1n) is 10.1. The number of sulfonamides is 1. The number of benzene rings is 1. The fraction of sp³-hybridized carbons (Fsp3) is 0.650. The highest BCUT2D eigenvalue weighted by molar-refractivity contribution is 14.0. The molecule has 1 heterocycles. The molecule has 2 fully saturated rings. The van der Waals surface area contributed by atoms with E-state index in [0.717, 1.165) is 12.0 Å². The van der Waals surface area contributed by atoms with Crippen molar-refractivity contribution in [2.75, 3.05) is 39.5 Å². The van der Waals surface area contributed by atoms with Crippen molar-refractivity contribution in [2.45, 2.75) is 32.2 Å². The third kappa shape index (κ3) is 7.23. The van der Waals surface area contributed by atoms with Gasteiger partial charge in [-0.3, -0.25) is 4.99 Å². The van der Waals surface area contributed by atoms with Crippen LogP contribution in [0.2, 0.25) is 0 Å². The standard InChI is InChI=1S/C20H31FN4O3S.HI/c1-14(17-6-7-19(18(21)10-17)28-13-15-4-5-15)24-20(22-2)23-11-16-8-9-25(12-16)29(3,26)27;/h6-7,10,14-16H,4-5,8-9,11-13H2,1-3H3,(H2,22,23,24);1H. The van der Waals surface area contributed by atoms with Crippen molar-refractivity contribution in [1.82, 2.24) is 14.9 Å². The molecule has 2 N–H and O–H groups in total. The number of nitrogens with zero attached hydrogens (tertiary/aromatic N) is 2. The van der Waals surface area contributed by atoms with E-state index in [-0.39, 0.29) is 41.8 Å². The van der Waals surface area contributed by atoms with Gasteiger partial charge in [0.25, 0.3) is 0 Å². The summed E-state index contributed by atoms with van der Waals surface area (Å²) >= 11 is 0. The van der Waals surface area contributed by atoms with Crippen LogP contribution in [-0.4, -0.2) is 58.2 Å². The molecule has 2 unspecified atom stereocenters. The van der Waals surface area contributed by atoms with Crippen LogP contribution in [0.3, 0.4) is 0 Å².